The Bertz CT molecular complexity index is 2570. The zero-order chi connectivity index (χ0) is 42.3. The maximum atomic E-state index is 13.5. The highest BCUT2D eigenvalue weighted by Crippen LogP contribution is 2.42. The summed E-state index contributed by atoms with van der Waals surface area (Å²) in [7, 11) is -1.13. The number of hydrogen-bond donors (Lipinski definition) is 5. The number of halogens is 1. The summed E-state index contributed by atoms with van der Waals surface area (Å²) in [6.07, 6.45) is 7.39. The lowest BCUT2D eigenvalue weighted by Crippen LogP contribution is -2.53. The van der Waals surface area contributed by atoms with Crippen LogP contribution in [0.1, 0.15) is 58.1 Å². The number of anilines is 5. The summed E-state index contributed by atoms with van der Waals surface area (Å²) in [4.78, 5) is 59.7. The molecule has 2 atom stereocenters. The summed E-state index contributed by atoms with van der Waals surface area (Å²) < 4.78 is 20.0. The SMILES string of the molecule is COc1cc(N2CCC(CNCc3ccc4c(c3)C(=O)N(C3CCC(=O)NC3=O)C4S)CC2)c(C)cc1Nc1ncc(Br)c(Nc2ccc3nccnc3c2P(C)(C)=O)n1. The number of imide groups is 1. The van der Waals surface area contributed by atoms with Gasteiger partial charge < -0.3 is 35.1 Å². The van der Waals surface area contributed by atoms with E-state index in [9.17, 15) is 18.9 Å². The van der Waals surface area contributed by atoms with E-state index in [1.165, 1.54) is 4.90 Å². The Morgan fingerprint density at radius 1 is 0.983 bits per heavy atom. The number of nitrogens with one attached hydrogen (secondary N) is 4. The first kappa shape index (κ1) is 41.6. The number of nitrogens with zero attached hydrogens (tertiary/aromatic N) is 6. The van der Waals surface area contributed by atoms with E-state index in [4.69, 9.17) is 9.72 Å². The molecule has 0 saturated carbocycles. The number of benzene rings is 3. The molecule has 3 aliphatic rings. The Balaban J connectivity index is 0.879. The molecule has 15 nitrogen and oxygen atoms in total. The summed E-state index contributed by atoms with van der Waals surface area (Å²) in [5, 5.41) is 12.7. The van der Waals surface area contributed by atoms with Crippen LogP contribution in [0.15, 0.2) is 65.5 Å². The van der Waals surface area contributed by atoms with Gasteiger partial charge in [0.15, 0.2) is 0 Å². The largest absolute Gasteiger partial charge is 0.494 e. The second kappa shape index (κ2) is 17.1. The average Bonchev–Trinajstić information content (AvgIpc) is 3.46. The normalized spacial score (nSPS) is 18.5. The summed E-state index contributed by atoms with van der Waals surface area (Å²) in [6, 6.07) is 12.9. The second-order valence-electron chi connectivity index (χ2n) is 15.8. The van der Waals surface area contributed by atoms with Crippen LogP contribution in [0.2, 0.25) is 0 Å². The molecule has 3 aromatic carbocycles. The summed E-state index contributed by atoms with van der Waals surface area (Å²) in [5.41, 5.74) is 7.11. The highest BCUT2D eigenvalue weighted by molar-refractivity contribution is 9.10. The Morgan fingerprint density at radius 2 is 1.77 bits per heavy atom. The molecule has 2 unspecified atom stereocenters. The Hall–Kier alpha value is -5.09. The number of carbonyl (C=O) groups is 3. The topological polar surface area (TPSA) is 184 Å². The standard InChI is InChI=1S/C42H46BrN10O5PS/c1-23-17-31(49-42-47-22-28(43)38(51-42)48-30-8-7-29-36(46-14-13-45-29)37(30)59(3,4)57)34(58-2)19-33(23)52-15-11-24(12-16-52)20-44-21-25-5-6-26-27(18-25)40(56)53(41(26)60)32-9-10-35(54)50-39(32)55/h5-8,13-14,17-19,22,24,32,41,44,60H,9-12,15-16,20-21H2,1-4H3,(H,50,54,55)(H2,47,48,49,51). The van der Waals surface area contributed by atoms with Gasteiger partial charge in [-0.1, -0.05) is 12.1 Å². The first-order valence-corrected chi connectivity index (χ1v) is 23.7. The third-order valence-corrected chi connectivity index (χ3v) is 13.9. The van der Waals surface area contributed by atoms with Crippen LogP contribution >= 0.6 is 35.7 Å². The molecule has 5 aromatic rings. The Morgan fingerprint density at radius 3 is 2.52 bits per heavy atom. The van der Waals surface area contributed by atoms with Gasteiger partial charge in [0.05, 0.1) is 33.8 Å². The molecule has 2 aromatic heterocycles. The van der Waals surface area contributed by atoms with Crippen LogP contribution in [0.25, 0.3) is 11.0 Å². The van der Waals surface area contributed by atoms with Crippen LogP contribution in [0.4, 0.5) is 28.8 Å². The Labute approximate surface area is 361 Å². The van der Waals surface area contributed by atoms with E-state index < -0.39 is 24.5 Å². The fraction of sp³-hybridized carbons (Fsp3) is 0.357. The monoisotopic (exact) mass is 912 g/mol. The average molecular weight is 914 g/mol. The molecule has 4 N–H and O–H groups in total. The lowest BCUT2D eigenvalue weighted by Gasteiger charge is -2.35. The quantitative estimate of drug-likeness (QED) is 0.0525. The minimum atomic E-state index is -2.78. The molecule has 3 aliphatic heterocycles. The minimum Gasteiger partial charge on any atom is -0.494 e. The molecular weight excluding hydrogens is 867 g/mol. The zero-order valence-corrected chi connectivity index (χ0v) is 37.0. The van der Waals surface area contributed by atoms with Crippen molar-refractivity contribution in [3.05, 3.63) is 87.8 Å². The van der Waals surface area contributed by atoms with Crippen molar-refractivity contribution in [2.75, 3.05) is 55.6 Å². The van der Waals surface area contributed by atoms with Crippen LogP contribution < -0.4 is 36.2 Å². The van der Waals surface area contributed by atoms with E-state index in [2.05, 4.69) is 82.7 Å². The van der Waals surface area contributed by atoms with Crippen molar-refractivity contribution in [3.63, 3.8) is 0 Å². The predicted molar refractivity (Wildman–Crippen MR) is 240 cm³/mol. The molecule has 312 valence electrons. The van der Waals surface area contributed by atoms with E-state index in [-0.39, 0.29) is 18.2 Å². The van der Waals surface area contributed by atoms with Gasteiger partial charge in [0.1, 0.15) is 35.6 Å². The summed E-state index contributed by atoms with van der Waals surface area (Å²) in [6.45, 7) is 8.76. The number of ether oxygens (including phenoxy) is 1. The molecule has 5 heterocycles. The first-order valence-electron chi connectivity index (χ1n) is 19.8. The molecule has 0 bridgehead atoms. The lowest BCUT2D eigenvalue weighted by atomic mass is 9.95. The van der Waals surface area contributed by atoms with Gasteiger partial charge in [-0.3, -0.25) is 29.7 Å². The number of amides is 3. The van der Waals surface area contributed by atoms with Crippen molar-refractivity contribution in [2.24, 2.45) is 5.92 Å². The van der Waals surface area contributed by atoms with Gasteiger partial charge in [0, 0.05) is 62.0 Å². The van der Waals surface area contributed by atoms with Crippen LogP contribution in [-0.2, 0) is 20.7 Å². The van der Waals surface area contributed by atoms with Crippen molar-refractivity contribution < 1.29 is 23.7 Å². The molecule has 3 amide bonds. The van der Waals surface area contributed by atoms with Crippen LogP contribution in [-0.4, -0.2) is 88.7 Å². The van der Waals surface area contributed by atoms with E-state index in [1.54, 1.807) is 39.0 Å². The minimum absolute atomic E-state index is 0.198. The molecule has 18 heteroatoms. The number of aromatic nitrogens is 4. The number of fused-ring (bicyclic) bond motifs is 2. The van der Waals surface area contributed by atoms with E-state index in [0.717, 1.165) is 60.5 Å². The van der Waals surface area contributed by atoms with Crippen molar-refractivity contribution in [1.29, 1.82) is 0 Å². The third kappa shape index (κ3) is 8.45. The van der Waals surface area contributed by atoms with Crippen molar-refractivity contribution in [3.8, 4) is 5.75 Å². The maximum Gasteiger partial charge on any atom is 0.256 e. The van der Waals surface area contributed by atoms with E-state index in [1.807, 2.05) is 36.4 Å². The van der Waals surface area contributed by atoms with Gasteiger partial charge in [-0.15, -0.1) is 12.6 Å². The summed E-state index contributed by atoms with van der Waals surface area (Å²) in [5.74, 6) is 0.989. The van der Waals surface area contributed by atoms with E-state index in [0.29, 0.717) is 68.5 Å². The highest BCUT2D eigenvalue weighted by atomic mass is 79.9. The molecule has 0 aliphatic carbocycles. The molecule has 60 heavy (non-hydrogen) atoms. The highest BCUT2D eigenvalue weighted by Gasteiger charge is 2.43. The number of piperidine rings is 2. The second-order valence-corrected chi connectivity index (χ2v) is 20.2. The Kier molecular flexibility index (Phi) is 11.9. The van der Waals surface area contributed by atoms with Gasteiger partial charge >= 0.3 is 0 Å². The molecule has 0 radical (unpaired) electrons. The van der Waals surface area contributed by atoms with Gasteiger partial charge in [-0.2, -0.15) is 4.98 Å². The number of hydrogen-bond acceptors (Lipinski definition) is 14. The van der Waals surface area contributed by atoms with Gasteiger partial charge in [-0.05, 0) is 109 Å². The molecule has 2 fully saturated rings. The van der Waals surface area contributed by atoms with Crippen molar-refractivity contribution in [2.45, 2.75) is 50.6 Å². The molecule has 2 saturated heterocycles. The van der Waals surface area contributed by atoms with Gasteiger partial charge in [0.2, 0.25) is 17.8 Å². The van der Waals surface area contributed by atoms with Gasteiger partial charge in [-0.25, -0.2) is 4.98 Å². The molecule has 8 rings (SSSR count). The predicted octanol–water partition coefficient (Wildman–Crippen LogP) is 6.43. The van der Waals surface area contributed by atoms with Crippen LogP contribution in [0, 0.1) is 12.8 Å². The number of methoxy groups -OCH3 is 1. The first-order chi connectivity index (χ1) is 28.8. The maximum absolute atomic E-state index is 13.5. The number of rotatable bonds is 12. The van der Waals surface area contributed by atoms with Crippen molar-refractivity contribution >= 4 is 98.6 Å². The lowest BCUT2D eigenvalue weighted by molar-refractivity contribution is -0.137. The molecule has 0 spiro atoms. The fourth-order valence-corrected chi connectivity index (χ4v) is 10.5. The molecular formula is C42H46BrN10O5PS. The van der Waals surface area contributed by atoms with Crippen molar-refractivity contribution in [1.82, 2.24) is 35.5 Å². The number of thiol groups is 1. The number of carbonyl (C=O) groups excluding carboxylic acids is 3. The van der Waals surface area contributed by atoms with E-state index >= 15 is 0 Å². The van der Waals surface area contributed by atoms with Crippen LogP contribution in [0.3, 0.4) is 0 Å². The fourth-order valence-electron chi connectivity index (χ4n) is 8.30. The smallest absolute Gasteiger partial charge is 0.256 e. The van der Waals surface area contributed by atoms with Crippen LogP contribution in [0.5, 0.6) is 5.75 Å². The zero-order valence-electron chi connectivity index (χ0n) is 33.7. The third-order valence-electron chi connectivity index (χ3n) is 11.3. The number of aryl methyl sites for hydroxylation is 1. The van der Waals surface area contributed by atoms with Gasteiger partial charge in [0.25, 0.3) is 5.91 Å². The summed E-state index contributed by atoms with van der Waals surface area (Å²) >= 11 is 8.25.